The Hall–Kier alpha value is -0.920. The van der Waals surface area contributed by atoms with Crippen LogP contribution < -0.4 is 4.72 Å². The summed E-state index contributed by atoms with van der Waals surface area (Å²) in [7, 11) is -2.56. The second-order valence-electron chi connectivity index (χ2n) is 4.18. The topological polar surface area (TPSA) is 72.5 Å². The van der Waals surface area contributed by atoms with Gasteiger partial charge >= 0.3 is 5.97 Å². The zero-order valence-electron chi connectivity index (χ0n) is 10.2. The first-order valence-corrected chi connectivity index (χ1v) is 7.34. The zero-order chi connectivity index (χ0) is 14.0. The first-order valence-electron chi connectivity index (χ1n) is 5.07. The number of carbonyl (C=O) groups excluding carboxylic acids is 1. The Morgan fingerprint density at radius 2 is 1.78 bits per heavy atom. The molecule has 0 radical (unpaired) electrons. The lowest BCUT2D eigenvalue weighted by atomic mass is 10.1. The Morgan fingerprint density at radius 1 is 1.28 bits per heavy atom. The minimum atomic E-state index is -3.76. The molecule has 1 aromatic rings. The maximum Gasteiger partial charge on any atom is 0.326 e. The smallest absolute Gasteiger partial charge is 0.326 e. The molecule has 1 rings (SSSR count). The molecule has 0 aliphatic rings. The third kappa shape index (κ3) is 3.54. The molecule has 0 spiro atoms. The van der Waals surface area contributed by atoms with Crippen LogP contribution in [0.3, 0.4) is 0 Å². The lowest BCUT2D eigenvalue weighted by molar-refractivity contribution is -0.146. The highest BCUT2D eigenvalue weighted by Crippen LogP contribution is 2.17. The molecule has 0 atom stereocenters. The van der Waals surface area contributed by atoms with Gasteiger partial charge in [-0.05, 0) is 38.1 Å². The monoisotopic (exact) mass is 335 g/mol. The number of carbonyl (C=O) groups is 1. The third-order valence-corrected chi connectivity index (χ3v) is 4.41. The molecule has 100 valence electrons. The molecule has 0 amide bonds. The van der Waals surface area contributed by atoms with Gasteiger partial charge in [0, 0.05) is 4.47 Å². The van der Waals surface area contributed by atoms with E-state index in [1.165, 1.54) is 33.1 Å². The fraction of sp³-hybridized carbons (Fsp3) is 0.364. The second kappa shape index (κ2) is 5.38. The quantitative estimate of drug-likeness (QED) is 0.849. The summed E-state index contributed by atoms with van der Waals surface area (Å²) in [6.07, 6.45) is 0. The number of hydrogen-bond acceptors (Lipinski definition) is 4. The molecule has 0 saturated carbocycles. The van der Waals surface area contributed by atoms with E-state index in [9.17, 15) is 13.2 Å². The predicted octanol–water partition coefficient (Wildman–Crippen LogP) is 1.68. The average molecular weight is 336 g/mol. The summed E-state index contributed by atoms with van der Waals surface area (Å²) in [6, 6.07) is 6.11. The molecule has 5 nitrogen and oxygen atoms in total. The molecule has 0 aliphatic heterocycles. The lowest BCUT2D eigenvalue weighted by Gasteiger charge is -2.22. The second-order valence-corrected chi connectivity index (χ2v) is 6.77. The van der Waals surface area contributed by atoms with Crippen molar-refractivity contribution in [3.8, 4) is 0 Å². The van der Waals surface area contributed by atoms with Crippen molar-refractivity contribution in [3.63, 3.8) is 0 Å². The van der Waals surface area contributed by atoms with Crippen LogP contribution >= 0.6 is 15.9 Å². The van der Waals surface area contributed by atoms with Crippen LogP contribution in [0.4, 0.5) is 0 Å². The Labute approximate surface area is 115 Å². The van der Waals surface area contributed by atoms with Gasteiger partial charge in [0.2, 0.25) is 10.0 Å². The highest BCUT2D eigenvalue weighted by Gasteiger charge is 2.34. The maximum atomic E-state index is 12.0. The molecule has 1 N–H and O–H groups in total. The van der Waals surface area contributed by atoms with Crippen molar-refractivity contribution in [2.75, 3.05) is 7.11 Å². The van der Waals surface area contributed by atoms with Crippen molar-refractivity contribution in [1.82, 2.24) is 4.72 Å². The van der Waals surface area contributed by atoms with Crippen molar-refractivity contribution >= 4 is 31.9 Å². The molecule has 0 fully saturated rings. The van der Waals surface area contributed by atoms with Crippen LogP contribution in [0.25, 0.3) is 0 Å². The van der Waals surface area contributed by atoms with E-state index in [-0.39, 0.29) is 4.90 Å². The van der Waals surface area contributed by atoms with E-state index in [2.05, 4.69) is 25.4 Å². The number of benzene rings is 1. The van der Waals surface area contributed by atoms with E-state index >= 15 is 0 Å². The van der Waals surface area contributed by atoms with Gasteiger partial charge in [-0.1, -0.05) is 15.9 Å². The van der Waals surface area contributed by atoms with Gasteiger partial charge in [-0.15, -0.1) is 0 Å². The van der Waals surface area contributed by atoms with Gasteiger partial charge in [-0.2, -0.15) is 4.72 Å². The number of nitrogens with one attached hydrogen (secondary N) is 1. The molecule has 0 aromatic heterocycles. The van der Waals surface area contributed by atoms with E-state index in [0.717, 1.165) is 4.47 Å². The highest BCUT2D eigenvalue weighted by atomic mass is 79.9. The number of methoxy groups -OCH3 is 1. The molecule has 7 heteroatoms. The zero-order valence-corrected chi connectivity index (χ0v) is 12.6. The van der Waals surface area contributed by atoms with Gasteiger partial charge in [0.25, 0.3) is 0 Å². The summed E-state index contributed by atoms with van der Waals surface area (Å²) in [4.78, 5) is 11.5. The van der Waals surface area contributed by atoms with Crippen molar-refractivity contribution in [1.29, 1.82) is 0 Å². The molecule has 0 unspecified atom stereocenters. The normalized spacial score (nSPS) is 12.2. The van der Waals surface area contributed by atoms with Gasteiger partial charge in [0.05, 0.1) is 12.0 Å². The van der Waals surface area contributed by atoms with Crippen LogP contribution in [-0.2, 0) is 19.6 Å². The van der Waals surface area contributed by atoms with Gasteiger partial charge in [0.1, 0.15) is 5.54 Å². The molecule has 18 heavy (non-hydrogen) atoms. The number of halogens is 1. The summed E-state index contributed by atoms with van der Waals surface area (Å²) in [5.74, 6) is -0.650. The number of esters is 1. The largest absolute Gasteiger partial charge is 0.468 e. The standard InChI is InChI=1S/C11H14BrNO4S/c1-11(2,10(14)17-3)13-18(15,16)9-6-4-8(12)5-7-9/h4-7,13H,1-3H3. The molecular weight excluding hydrogens is 322 g/mol. The Bertz CT molecular complexity index is 537. The van der Waals surface area contributed by atoms with Crippen molar-refractivity contribution in [3.05, 3.63) is 28.7 Å². The fourth-order valence-electron chi connectivity index (χ4n) is 1.31. The SMILES string of the molecule is COC(=O)C(C)(C)NS(=O)(=O)c1ccc(Br)cc1. The minimum Gasteiger partial charge on any atom is -0.468 e. The number of sulfonamides is 1. The molecule has 1 aromatic carbocycles. The molecule has 0 bridgehead atoms. The highest BCUT2D eigenvalue weighted by molar-refractivity contribution is 9.10. The van der Waals surface area contributed by atoms with Crippen molar-refractivity contribution in [2.24, 2.45) is 0 Å². The Balaban J connectivity index is 3.02. The van der Waals surface area contributed by atoms with E-state index in [0.29, 0.717) is 0 Å². The molecule has 0 aliphatic carbocycles. The van der Waals surface area contributed by atoms with Crippen LogP contribution in [0.15, 0.2) is 33.6 Å². The average Bonchev–Trinajstić information content (AvgIpc) is 2.27. The Morgan fingerprint density at radius 3 is 2.22 bits per heavy atom. The molecule has 0 saturated heterocycles. The Kier molecular flexibility index (Phi) is 4.52. The van der Waals surface area contributed by atoms with Gasteiger partial charge in [-0.3, -0.25) is 4.79 Å². The van der Waals surface area contributed by atoms with Crippen LogP contribution in [0.2, 0.25) is 0 Å². The summed E-state index contributed by atoms with van der Waals surface area (Å²) >= 11 is 3.22. The maximum absolute atomic E-state index is 12.0. The first kappa shape index (κ1) is 15.1. The van der Waals surface area contributed by atoms with Gasteiger partial charge in [0.15, 0.2) is 0 Å². The third-order valence-electron chi connectivity index (χ3n) is 2.21. The van der Waals surface area contributed by atoms with Crippen molar-refractivity contribution in [2.45, 2.75) is 24.3 Å². The van der Waals surface area contributed by atoms with E-state index in [4.69, 9.17) is 0 Å². The van der Waals surface area contributed by atoms with Crippen LogP contribution in [-0.4, -0.2) is 27.0 Å². The van der Waals surface area contributed by atoms with Crippen molar-refractivity contribution < 1.29 is 17.9 Å². The summed E-state index contributed by atoms with van der Waals surface area (Å²) in [5, 5.41) is 0. The van der Waals surface area contributed by atoms with E-state index < -0.39 is 21.5 Å². The van der Waals surface area contributed by atoms with Crippen LogP contribution in [0, 0.1) is 0 Å². The number of ether oxygens (including phenoxy) is 1. The van der Waals surface area contributed by atoms with Crippen LogP contribution in [0.1, 0.15) is 13.8 Å². The fourth-order valence-corrected chi connectivity index (χ4v) is 2.94. The van der Waals surface area contributed by atoms with Gasteiger partial charge < -0.3 is 4.74 Å². The predicted molar refractivity (Wildman–Crippen MR) is 70.6 cm³/mol. The number of rotatable bonds is 4. The minimum absolute atomic E-state index is 0.0858. The molecule has 0 heterocycles. The van der Waals surface area contributed by atoms with Gasteiger partial charge in [-0.25, -0.2) is 8.42 Å². The molecular formula is C11H14BrNO4S. The van der Waals surface area contributed by atoms with Crippen LogP contribution in [0.5, 0.6) is 0 Å². The first-order chi connectivity index (χ1) is 8.19. The summed E-state index contributed by atoms with van der Waals surface area (Å²) in [5.41, 5.74) is -1.32. The number of hydrogen-bond donors (Lipinski definition) is 1. The summed E-state index contributed by atoms with van der Waals surface area (Å²) in [6.45, 7) is 2.88. The summed E-state index contributed by atoms with van der Waals surface area (Å²) < 4.78 is 31.7. The van der Waals surface area contributed by atoms with E-state index in [1.807, 2.05) is 0 Å². The lowest BCUT2D eigenvalue weighted by Crippen LogP contribution is -2.50. The van der Waals surface area contributed by atoms with E-state index in [1.54, 1.807) is 12.1 Å².